The van der Waals surface area contributed by atoms with Gasteiger partial charge in [0.1, 0.15) is 16.9 Å². The van der Waals surface area contributed by atoms with Crippen molar-refractivity contribution >= 4 is 11.8 Å². The quantitative estimate of drug-likeness (QED) is 0.799. The number of hydrogen-bond donors (Lipinski definition) is 2. The van der Waals surface area contributed by atoms with Crippen LogP contribution in [0.2, 0.25) is 0 Å². The summed E-state index contributed by atoms with van der Waals surface area (Å²) < 4.78 is 37.8. The van der Waals surface area contributed by atoms with E-state index in [1.165, 1.54) is 6.92 Å². The highest BCUT2D eigenvalue weighted by Gasteiger charge is 2.55. The predicted octanol–water partition coefficient (Wildman–Crippen LogP) is 0.686. The normalized spacial score (nSPS) is 16.4. The summed E-state index contributed by atoms with van der Waals surface area (Å²) >= 11 is 0. The van der Waals surface area contributed by atoms with E-state index in [1.807, 2.05) is 0 Å². The number of carbonyl (C=O) groups is 2. The molecule has 0 saturated heterocycles. The number of hydrogen-bond acceptors (Lipinski definition) is 4. The predicted molar refractivity (Wildman–Crippen MR) is 64.5 cm³/mol. The van der Waals surface area contributed by atoms with E-state index in [0.717, 1.165) is 6.07 Å². The molecule has 0 radical (unpaired) electrons. The highest BCUT2D eigenvalue weighted by Crippen LogP contribution is 2.45. The van der Waals surface area contributed by atoms with Crippen LogP contribution in [0, 0.1) is 12.3 Å². The number of nitrogens with one attached hydrogen (secondary N) is 1. The maximum absolute atomic E-state index is 12.6. The molecule has 1 aliphatic rings. The summed E-state index contributed by atoms with van der Waals surface area (Å²) in [6.07, 6.45) is -3.90. The molecule has 0 bridgehead atoms. The van der Waals surface area contributed by atoms with Gasteiger partial charge in [0.25, 0.3) is 0 Å². The van der Waals surface area contributed by atoms with Gasteiger partial charge in [0.05, 0.1) is 6.54 Å². The van der Waals surface area contributed by atoms with Crippen molar-refractivity contribution in [2.45, 2.75) is 32.5 Å². The Morgan fingerprint density at radius 3 is 2.48 bits per heavy atom. The molecule has 1 aromatic heterocycles. The maximum Gasteiger partial charge on any atom is 0.433 e. The van der Waals surface area contributed by atoms with Gasteiger partial charge in [0.2, 0.25) is 11.8 Å². The molecule has 0 unspecified atom stereocenters. The van der Waals surface area contributed by atoms with Gasteiger partial charge in [-0.15, -0.1) is 0 Å². The second kappa shape index (κ2) is 4.97. The molecule has 1 saturated carbocycles. The Morgan fingerprint density at radius 1 is 1.38 bits per heavy atom. The van der Waals surface area contributed by atoms with Crippen molar-refractivity contribution in [1.29, 1.82) is 0 Å². The second-order valence-electron chi connectivity index (χ2n) is 4.94. The van der Waals surface area contributed by atoms with Crippen LogP contribution >= 0.6 is 0 Å². The maximum atomic E-state index is 12.6. The summed E-state index contributed by atoms with van der Waals surface area (Å²) in [5.74, 6) is -1.51. The lowest BCUT2D eigenvalue weighted by Gasteiger charge is -2.12. The summed E-state index contributed by atoms with van der Waals surface area (Å²) in [4.78, 5) is 30.2. The second-order valence-corrected chi connectivity index (χ2v) is 4.94. The molecule has 0 aromatic carbocycles. The van der Waals surface area contributed by atoms with Crippen LogP contribution in [0.15, 0.2) is 6.07 Å². The van der Waals surface area contributed by atoms with Crippen LogP contribution in [-0.2, 0) is 22.3 Å². The minimum absolute atomic E-state index is 0.137. The molecular formula is C12H13F3N4O2. The van der Waals surface area contributed by atoms with Gasteiger partial charge in [0, 0.05) is 5.69 Å². The number of nitrogens with two attached hydrogens (primary N) is 1. The Bertz CT molecular complexity index is 597. The van der Waals surface area contributed by atoms with Crippen LogP contribution in [0.1, 0.15) is 30.1 Å². The number of halogens is 3. The van der Waals surface area contributed by atoms with Crippen molar-refractivity contribution in [3.8, 4) is 0 Å². The zero-order valence-electron chi connectivity index (χ0n) is 11.1. The van der Waals surface area contributed by atoms with Crippen LogP contribution < -0.4 is 11.1 Å². The van der Waals surface area contributed by atoms with E-state index >= 15 is 0 Å². The molecule has 1 aliphatic carbocycles. The van der Waals surface area contributed by atoms with Crippen LogP contribution in [0.3, 0.4) is 0 Å². The lowest BCUT2D eigenvalue weighted by Crippen LogP contribution is -2.40. The number of aryl methyl sites for hydroxylation is 1. The lowest BCUT2D eigenvalue weighted by molar-refractivity contribution is -0.141. The number of amides is 2. The fourth-order valence-electron chi connectivity index (χ4n) is 1.89. The van der Waals surface area contributed by atoms with E-state index in [1.54, 1.807) is 0 Å². The van der Waals surface area contributed by atoms with Crippen molar-refractivity contribution in [2.24, 2.45) is 11.1 Å². The van der Waals surface area contributed by atoms with E-state index in [2.05, 4.69) is 15.3 Å². The average Bonchev–Trinajstić information content (AvgIpc) is 3.15. The molecule has 2 rings (SSSR count). The monoisotopic (exact) mass is 302 g/mol. The van der Waals surface area contributed by atoms with E-state index in [4.69, 9.17) is 5.73 Å². The highest BCUT2D eigenvalue weighted by molar-refractivity contribution is 6.07. The van der Waals surface area contributed by atoms with Gasteiger partial charge in [-0.25, -0.2) is 9.97 Å². The SMILES string of the molecule is Cc1cc(C(F)(F)F)nc(CNC(=O)C2(C(N)=O)CC2)n1. The third-order valence-electron chi connectivity index (χ3n) is 3.25. The average molecular weight is 302 g/mol. The molecule has 114 valence electrons. The molecule has 2 amide bonds. The fourth-order valence-corrected chi connectivity index (χ4v) is 1.89. The summed E-state index contributed by atoms with van der Waals surface area (Å²) in [6.45, 7) is 1.10. The minimum atomic E-state index is -4.59. The lowest BCUT2D eigenvalue weighted by atomic mass is 10.1. The third-order valence-corrected chi connectivity index (χ3v) is 3.25. The topological polar surface area (TPSA) is 98.0 Å². The van der Waals surface area contributed by atoms with Gasteiger partial charge in [-0.3, -0.25) is 9.59 Å². The number of primary amides is 1. The van der Waals surface area contributed by atoms with E-state index in [0.29, 0.717) is 12.8 Å². The molecule has 3 N–H and O–H groups in total. The molecule has 1 aromatic rings. The molecule has 1 fully saturated rings. The Labute approximate surface area is 117 Å². The first-order valence-electron chi connectivity index (χ1n) is 6.15. The van der Waals surface area contributed by atoms with Crippen molar-refractivity contribution in [3.63, 3.8) is 0 Å². The van der Waals surface area contributed by atoms with Gasteiger partial charge in [-0.05, 0) is 25.8 Å². The molecule has 0 spiro atoms. The molecule has 9 heteroatoms. The smallest absolute Gasteiger partial charge is 0.369 e. The Hall–Kier alpha value is -2.19. The van der Waals surface area contributed by atoms with Gasteiger partial charge >= 0.3 is 6.18 Å². The fraction of sp³-hybridized carbons (Fsp3) is 0.500. The van der Waals surface area contributed by atoms with Crippen molar-refractivity contribution in [3.05, 3.63) is 23.3 Å². The van der Waals surface area contributed by atoms with Crippen LogP contribution in [0.4, 0.5) is 13.2 Å². The zero-order valence-corrected chi connectivity index (χ0v) is 11.1. The largest absolute Gasteiger partial charge is 0.433 e. The Kier molecular flexibility index (Phi) is 3.60. The summed E-state index contributed by atoms with van der Waals surface area (Å²) in [5.41, 5.74) is 2.97. The zero-order chi connectivity index (χ0) is 15.8. The minimum Gasteiger partial charge on any atom is -0.369 e. The molecule has 21 heavy (non-hydrogen) atoms. The van der Waals surface area contributed by atoms with Gasteiger partial charge in [0.15, 0.2) is 0 Å². The highest BCUT2D eigenvalue weighted by atomic mass is 19.4. The standard InChI is InChI=1S/C12H13F3N4O2/c1-6-4-7(12(13,14)15)19-8(18-6)5-17-10(21)11(2-3-11)9(16)20/h4H,2-3,5H2,1H3,(H2,16,20)(H,17,21). The summed E-state index contributed by atoms with van der Waals surface area (Å²) in [5, 5.41) is 2.36. The number of rotatable bonds is 4. The van der Waals surface area contributed by atoms with Crippen LogP contribution in [0.25, 0.3) is 0 Å². The van der Waals surface area contributed by atoms with Gasteiger partial charge in [-0.2, -0.15) is 13.2 Å². The first-order chi connectivity index (χ1) is 9.65. The van der Waals surface area contributed by atoms with E-state index in [9.17, 15) is 22.8 Å². The number of nitrogens with zero attached hydrogens (tertiary/aromatic N) is 2. The Balaban J connectivity index is 2.09. The number of alkyl halides is 3. The van der Waals surface area contributed by atoms with E-state index < -0.39 is 29.1 Å². The van der Waals surface area contributed by atoms with E-state index in [-0.39, 0.29) is 18.1 Å². The molecular weight excluding hydrogens is 289 g/mol. The van der Waals surface area contributed by atoms with Crippen molar-refractivity contribution in [1.82, 2.24) is 15.3 Å². The summed E-state index contributed by atoms with van der Waals surface area (Å²) in [7, 11) is 0. The molecule has 0 atom stereocenters. The van der Waals surface area contributed by atoms with Gasteiger partial charge in [-0.1, -0.05) is 0 Å². The Morgan fingerprint density at radius 2 is 2.00 bits per heavy atom. The number of aromatic nitrogens is 2. The number of carbonyl (C=O) groups excluding carboxylic acids is 2. The first-order valence-corrected chi connectivity index (χ1v) is 6.15. The van der Waals surface area contributed by atoms with Crippen LogP contribution in [-0.4, -0.2) is 21.8 Å². The summed E-state index contributed by atoms with van der Waals surface area (Å²) in [6, 6.07) is 0.817. The van der Waals surface area contributed by atoms with Crippen molar-refractivity contribution < 1.29 is 22.8 Å². The van der Waals surface area contributed by atoms with Crippen LogP contribution in [0.5, 0.6) is 0 Å². The molecule has 1 heterocycles. The first kappa shape index (κ1) is 15.2. The molecule has 6 nitrogen and oxygen atoms in total. The van der Waals surface area contributed by atoms with Gasteiger partial charge < -0.3 is 11.1 Å². The van der Waals surface area contributed by atoms with Crippen molar-refractivity contribution in [2.75, 3.05) is 0 Å². The molecule has 0 aliphatic heterocycles. The third kappa shape index (κ3) is 3.11.